The molecule has 58 heavy (non-hydrogen) atoms. The van der Waals surface area contributed by atoms with E-state index in [1.807, 2.05) is 105 Å². The van der Waals surface area contributed by atoms with E-state index in [1.165, 1.54) is 16.8 Å². The van der Waals surface area contributed by atoms with Gasteiger partial charge in [0.2, 0.25) is 23.6 Å². The number of alkyl carbamates (subject to hydrolysis) is 1. The third kappa shape index (κ3) is 11.4. The molecule has 3 N–H and O–H groups in total. The van der Waals surface area contributed by atoms with E-state index >= 15 is 0 Å². The number of piperidine rings is 2. The third-order valence-corrected chi connectivity index (χ3v) is 11.4. The minimum atomic E-state index is -1.14. The molecule has 3 aromatic carbocycles. The second-order valence-corrected chi connectivity index (χ2v) is 15.4. The zero-order valence-electron chi connectivity index (χ0n) is 33.8. The molecule has 0 aliphatic carbocycles. The second-order valence-electron chi connectivity index (χ2n) is 15.4. The Morgan fingerprint density at radius 1 is 0.741 bits per heavy atom. The van der Waals surface area contributed by atoms with Crippen LogP contribution in [0.15, 0.2) is 91.0 Å². The molecular formula is C45H57N5O8. The van der Waals surface area contributed by atoms with Gasteiger partial charge in [0, 0.05) is 33.0 Å². The van der Waals surface area contributed by atoms with E-state index in [0.717, 1.165) is 16.7 Å². The van der Waals surface area contributed by atoms with Gasteiger partial charge in [-0.3, -0.25) is 19.2 Å². The quantitative estimate of drug-likeness (QED) is 0.183. The molecule has 310 valence electrons. The van der Waals surface area contributed by atoms with Crippen molar-refractivity contribution in [2.24, 2.45) is 5.92 Å². The predicted molar refractivity (Wildman–Crippen MR) is 218 cm³/mol. The van der Waals surface area contributed by atoms with Crippen molar-refractivity contribution < 1.29 is 38.6 Å². The highest BCUT2D eigenvalue weighted by atomic mass is 16.5. The zero-order chi connectivity index (χ0) is 41.6. The third-order valence-electron chi connectivity index (χ3n) is 11.4. The number of likely N-dealkylation sites (N-methyl/N-ethyl adjacent to an activating group) is 1. The van der Waals surface area contributed by atoms with Gasteiger partial charge in [-0.05, 0) is 61.1 Å². The molecule has 13 heteroatoms. The summed E-state index contributed by atoms with van der Waals surface area (Å²) in [6, 6.07) is 22.6. The number of ether oxygens (including phenoxy) is 1. The maximum absolute atomic E-state index is 14.6. The Morgan fingerprint density at radius 3 is 1.84 bits per heavy atom. The first-order valence-electron chi connectivity index (χ1n) is 20.4. The fraction of sp³-hybridized carbons (Fsp3) is 0.467. The topological polar surface area (TPSA) is 166 Å². The molecule has 0 bridgehead atoms. The van der Waals surface area contributed by atoms with E-state index < -0.39 is 60.0 Å². The van der Waals surface area contributed by atoms with Crippen molar-refractivity contribution in [1.82, 2.24) is 25.3 Å². The SMILES string of the molecule is CCC(C)[C@H](NC(=O)[C@@H](Cc1ccccc1)NC(=O)OCc1ccccc1)C(=O)N1CCCC[C@@H]1C(=O)N1CCCC[C@H]1C(=O)N(C)[C@H](Cc1ccccc1)C(=O)O. The monoisotopic (exact) mass is 795 g/mol. The summed E-state index contributed by atoms with van der Waals surface area (Å²) in [4.78, 5) is 87.2. The first-order chi connectivity index (χ1) is 28.0. The first-order valence-corrected chi connectivity index (χ1v) is 20.4. The highest BCUT2D eigenvalue weighted by Gasteiger charge is 2.44. The van der Waals surface area contributed by atoms with Crippen LogP contribution in [0.3, 0.4) is 0 Å². The van der Waals surface area contributed by atoms with Gasteiger partial charge in [0.15, 0.2) is 0 Å². The Hall–Kier alpha value is -5.72. The van der Waals surface area contributed by atoms with Gasteiger partial charge in [-0.2, -0.15) is 0 Å². The molecule has 2 heterocycles. The summed E-state index contributed by atoms with van der Waals surface area (Å²) in [7, 11) is 1.47. The maximum atomic E-state index is 14.6. The summed E-state index contributed by atoms with van der Waals surface area (Å²) in [6.07, 6.45) is 3.50. The van der Waals surface area contributed by atoms with Crippen molar-refractivity contribution in [3.63, 3.8) is 0 Å². The lowest BCUT2D eigenvalue weighted by Gasteiger charge is -2.44. The fourth-order valence-electron chi connectivity index (χ4n) is 7.79. The van der Waals surface area contributed by atoms with Crippen LogP contribution in [-0.4, -0.2) is 106 Å². The van der Waals surface area contributed by atoms with Gasteiger partial charge in [0.1, 0.15) is 36.8 Å². The van der Waals surface area contributed by atoms with E-state index in [-0.39, 0.29) is 31.3 Å². The molecule has 0 aromatic heterocycles. The van der Waals surface area contributed by atoms with Crippen molar-refractivity contribution in [2.45, 2.75) is 108 Å². The number of aliphatic carboxylic acids is 1. The highest BCUT2D eigenvalue weighted by Crippen LogP contribution is 2.27. The van der Waals surface area contributed by atoms with Gasteiger partial charge in [0.05, 0.1) is 0 Å². The minimum Gasteiger partial charge on any atom is -0.480 e. The molecule has 13 nitrogen and oxygen atoms in total. The van der Waals surface area contributed by atoms with Gasteiger partial charge in [-0.15, -0.1) is 0 Å². The lowest BCUT2D eigenvalue weighted by molar-refractivity contribution is -0.158. The highest BCUT2D eigenvalue weighted by molar-refractivity contribution is 5.96. The average molecular weight is 796 g/mol. The maximum Gasteiger partial charge on any atom is 0.408 e. The molecule has 2 aliphatic heterocycles. The van der Waals surface area contributed by atoms with Gasteiger partial charge < -0.3 is 35.2 Å². The lowest BCUT2D eigenvalue weighted by Crippen LogP contribution is -2.63. The number of rotatable bonds is 16. The van der Waals surface area contributed by atoms with E-state index in [2.05, 4.69) is 10.6 Å². The number of benzene rings is 3. The van der Waals surface area contributed by atoms with Crippen LogP contribution >= 0.6 is 0 Å². The van der Waals surface area contributed by atoms with Crippen molar-refractivity contribution in [3.05, 3.63) is 108 Å². The summed E-state index contributed by atoms with van der Waals surface area (Å²) in [5.41, 5.74) is 2.36. The molecule has 0 radical (unpaired) electrons. The normalized spacial score (nSPS) is 18.8. The Bertz CT molecular complexity index is 1850. The number of likely N-dealkylation sites (tertiary alicyclic amines) is 2. The van der Waals surface area contributed by atoms with Crippen LogP contribution < -0.4 is 10.6 Å². The van der Waals surface area contributed by atoms with E-state index in [9.17, 15) is 33.9 Å². The molecule has 2 fully saturated rings. The van der Waals surface area contributed by atoms with Crippen LogP contribution in [0.4, 0.5) is 4.79 Å². The Kier molecular flexibility index (Phi) is 15.8. The van der Waals surface area contributed by atoms with E-state index in [0.29, 0.717) is 58.0 Å². The standard InChI is InChI=1S/C45H57N5O8/c1-4-31(2)39(47-40(51)35(28-32-18-8-5-9-19-32)46-45(57)58-30-34-22-12-7-13-23-34)43(54)50-27-17-15-25-37(50)42(53)49-26-16-14-24-36(49)41(52)48(3)38(44(55)56)29-33-20-10-6-11-21-33/h5-13,18-23,31,35-39H,4,14-17,24-30H2,1-3H3,(H,46,57)(H,47,51)(H,55,56)/t31?,35-,36+,37-,38-,39+/m1/s1. The zero-order valence-corrected chi connectivity index (χ0v) is 33.8. The summed E-state index contributed by atoms with van der Waals surface area (Å²) in [5.74, 6) is -3.24. The van der Waals surface area contributed by atoms with Gasteiger partial charge in [0.25, 0.3) is 0 Å². The lowest BCUT2D eigenvalue weighted by atomic mass is 9.92. The number of amides is 5. The van der Waals surface area contributed by atoms with Gasteiger partial charge in [-0.1, -0.05) is 111 Å². The Balaban J connectivity index is 1.33. The molecule has 1 unspecified atom stereocenters. The van der Waals surface area contributed by atoms with Crippen molar-refractivity contribution in [2.75, 3.05) is 20.1 Å². The second kappa shape index (κ2) is 21.2. The molecule has 3 aromatic rings. The number of nitrogens with one attached hydrogen (secondary N) is 2. The fourth-order valence-corrected chi connectivity index (χ4v) is 7.79. The molecule has 5 rings (SSSR count). The van der Waals surface area contributed by atoms with Crippen molar-refractivity contribution in [3.8, 4) is 0 Å². The van der Waals surface area contributed by atoms with Gasteiger partial charge in [-0.25, -0.2) is 9.59 Å². The summed E-state index contributed by atoms with van der Waals surface area (Å²) in [5, 5.41) is 15.8. The first kappa shape index (κ1) is 43.4. The van der Waals surface area contributed by atoms with Gasteiger partial charge >= 0.3 is 12.1 Å². The van der Waals surface area contributed by atoms with Crippen LogP contribution in [0.1, 0.15) is 75.5 Å². The van der Waals surface area contributed by atoms with Crippen molar-refractivity contribution >= 4 is 35.7 Å². The molecule has 2 saturated heterocycles. The molecule has 6 atom stereocenters. The predicted octanol–water partition coefficient (Wildman–Crippen LogP) is 4.97. The number of hydrogen-bond donors (Lipinski definition) is 3. The van der Waals surface area contributed by atoms with Crippen molar-refractivity contribution in [1.29, 1.82) is 0 Å². The van der Waals surface area contributed by atoms with Crippen LogP contribution in [0.25, 0.3) is 0 Å². The van der Waals surface area contributed by atoms with Crippen LogP contribution in [0.5, 0.6) is 0 Å². The average Bonchev–Trinajstić information content (AvgIpc) is 3.26. The molecule has 5 amide bonds. The number of carboxylic acid groups (broad SMARTS) is 1. The number of hydrogen-bond acceptors (Lipinski definition) is 7. The summed E-state index contributed by atoms with van der Waals surface area (Å²) in [6.45, 7) is 4.38. The molecular weight excluding hydrogens is 739 g/mol. The largest absolute Gasteiger partial charge is 0.480 e. The van der Waals surface area contributed by atoms with E-state index in [4.69, 9.17) is 4.74 Å². The van der Waals surface area contributed by atoms with Crippen LogP contribution in [0, 0.1) is 5.92 Å². The van der Waals surface area contributed by atoms with Crippen LogP contribution in [0.2, 0.25) is 0 Å². The molecule has 0 saturated carbocycles. The van der Waals surface area contributed by atoms with Crippen LogP contribution in [-0.2, 0) is 48.2 Å². The summed E-state index contributed by atoms with van der Waals surface area (Å²) >= 11 is 0. The number of nitrogens with zero attached hydrogens (tertiary/aromatic N) is 3. The van der Waals surface area contributed by atoms with E-state index in [1.54, 1.807) is 4.90 Å². The molecule has 2 aliphatic rings. The minimum absolute atomic E-state index is 0.0122. The number of carbonyl (C=O) groups excluding carboxylic acids is 5. The number of carbonyl (C=O) groups is 6. The summed E-state index contributed by atoms with van der Waals surface area (Å²) < 4.78 is 5.45. The Labute approximate surface area is 341 Å². The molecule has 0 spiro atoms. The Morgan fingerprint density at radius 2 is 1.28 bits per heavy atom. The number of carboxylic acids is 1. The smallest absolute Gasteiger partial charge is 0.408 e.